The molecule has 7 heteroatoms. The molecule has 1 saturated carbocycles. The molecule has 2 atom stereocenters. The number of sulfonamides is 1. The minimum atomic E-state index is -3.18. The minimum absolute atomic E-state index is 0.000974. The van der Waals surface area contributed by atoms with Crippen molar-refractivity contribution < 1.29 is 8.42 Å². The van der Waals surface area contributed by atoms with Crippen LogP contribution in [0, 0.1) is 11.8 Å². The Hall–Kier alpha value is -0.920. The Morgan fingerprint density at radius 1 is 1.24 bits per heavy atom. The highest BCUT2D eigenvalue weighted by molar-refractivity contribution is 7.88. The van der Waals surface area contributed by atoms with Crippen LogP contribution in [0.25, 0.3) is 0 Å². The van der Waals surface area contributed by atoms with E-state index in [4.69, 9.17) is 0 Å². The van der Waals surface area contributed by atoms with Gasteiger partial charge in [0.1, 0.15) is 0 Å². The van der Waals surface area contributed by atoms with Gasteiger partial charge in [-0.1, -0.05) is 33.1 Å². The highest BCUT2D eigenvalue weighted by Crippen LogP contribution is 2.31. The number of hydrogen-bond acceptors (Lipinski definition) is 4. The van der Waals surface area contributed by atoms with Crippen LogP contribution in [0.2, 0.25) is 0 Å². The second kappa shape index (κ2) is 7.76. The molecule has 0 aromatic carbocycles. The van der Waals surface area contributed by atoms with Gasteiger partial charge in [-0.05, 0) is 24.7 Å². The third kappa shape index (κ3) is 4.83. The van der Waals surface area contributed by atoms with Crippen LogP contribution in [-0.2, 0) is 16.6 Å². The molecule has 1 saturated heterocycles. The molecule has 1 aliphatic carbocycles. The van der Waals surface area contributed by atoms with Crippen LogP contribution in [0.15, 0.2) is 12.5 Å². The van der Waals surface area contributed by atoms with Crippen LogP contribution in [0.4, 0.5) is 0 Å². The number of hydrogen-bond donors (Lipinski definition) is 1. The second-order valence-electron chi connectivity index (χ2n) is 8.18. The summed E-state index contributed by atoms with van der Waals surface area (Å²) in [7, 11) is -3.18. The van der Waals surface area contributed by atoms with Crippen molar-refractivity contribution in [2.75, 3.05) is 19.3 Å². The Balaban J connectivity index is 1.68. The monoisotopic (exact) mass is 368 g/mol. The third-order valence-corrected chi connectivity index (χ3v) is 6.49. The molecule has 1 aromatic heterocycles. The van der Waals surface area contributed by atoms with Gasteiger partial charge in [-0.15, -0.1) is 0 Å². The van der Waals surface area contributed by atoms with Crippen molar-refractivity contribution in [1.82, 2.24) is 19.2 Å². The minimum Gasteiger partial charge on any atom is -0.330 e. The second-order valence-corrected chi connectivity index (χ2v) is 9.96. The summed E-state index contributed by atoms with van der Waals surface area (Å²) in [4.78, 5) is 6.78. The highest BCUT2D eigenvalue weighted by atomic mass is 32.2. The van der Waals surface area contributed by atoms with Crippen molar-refractivity contribution in [3.63, 3.8) is 0 Å². The van der Waals surface area contributed by atoms with E-state index in [-0.39, 0.29) is 6.04 Å². The molecule has 142 valence electrons. The fourth-order valence-electron chi connectivity index (χ4n) is 4.49. The van der Waals surface area contributed by atoms with E-state index < -0.39 is 10.0 Å². The van der Waals surface area contributed by atoms with Gasteiger partial charge < -0.3 is 4.57 Å². The molecular formula is C18H32N4O2S. The fourth-order valence-corrected chi connectivity index (χ4v) is 5.29. The standard InChI is InChI=1S/C18H32N4O2S/c1-14(2)17-11-21(12-18(17)20-25(3,23)24)10-16-9-19-13-22(16)15-7-5-4-6-8-15/h9,13-15,17-18,20H,4-8,10-12H2,1-3H3/t17-,18+/m0/s1. The largest absolute Gasteiger partial charge is 0.330 e. The Morgan fingerprint density at radius 3 is 2.60 bits per heavy atom. The molecule has 0 bridgehead atoms. The van der Waals surface area contributed by atoms with Crippen molar-refractivity contribution in [3.05, 3.63) is 18.2 Å². The maximum absolute atomic E-state index is 11.7. The molecular weight excluding hydrogens is 336 g/mol. The van der Waals surface area contributed by atoms with Crippen molar-refractivity contribution >= 4 is 10.0 Å². The zero-order valence-electron chi connectivity index (χ0n) is 15.7. The molecule has 0 unspecified atom stereocenters. The lowest BCUT2D eigenvalue weighted by Gasteiger charge is -2.26. The van der Waals surface area contributed by atoms with Crippen LogP contribution >= 0.6 is 0 Å². The summed E-state index contributed by atoms with van der Waals surface area (Å²) in [6.45, 7) is 6.91. The molecule has 6 nitrogen and oxygen atoms in total. The number of likely N-dealkylation sites (tertiary alicyclic amines) is 1. The van der Waals surface area contributed by atoms with E-state index in [0.717, 1.165) is 19.6 Å². The first kappa shape index (κ1) is 18.9. The van der Waals surface area contributed by atoms with Crippen molar-refractivity contribution in [1.29, 1.82) is 0 Å². The molecule has 0 spiro atoms. The smallest absolute Gasteiger partial charge is 0.209 e. The fraction of sp³-hybridized carbons (Fsp3) is 0.833. The molecule has 2 aliphatic rings. The summed E-state index contributed by atoms with van der Waals surface area (Å²) in [6.07, 6.45) is 11.7. The number of nitrogens with one attached hydrogen (secondary N) is 1. The van der Waals surface area contributed by atoms with E-state index in [1.165, 1.54) is 44.1 Å². The number of imidazole rings is 1. The third-order valence-electron chi connectivity index (χ3n) is 5.76. The average Bonchev–Trinajstić information content (AvgIpc) is 3.14. The van der Waals surface area contributed by atoms with Gasteiger partial charge in [0.15, 0.2) is 0 Å². The average molecular weight is 369 g/mol. The number of nitrogens with zero attached hydrogens (tertiary/aromatic N) is 3. The Bertz CT molecular complexity index is 664. The van der Waals surface area contributed by atoms with E-state index in [1.54, 1.807) is 0 Å². The first-order valence-electron chi connectivity index (χ1n) is 9.54. The van der Waals surface area contributed by atoms with E-state index in [2.05, 4.69) is 33.0 Å². The van der Waals surface area contributed by atoms with Crippen molar-refractivity contribution in [2.24, 2.45) is 11.8 Å². The molecule has 0 amide bonds. The summed E-state index contributed by atoms with van der Waals surface area (Å²) in [5.74, 6) is 0.799. The lowest BCUT2D eigenvalue weighted by atomic mass is 9.92. The molecule has 1 N–H and O–H groups in total. The number of rotatable bonds is 6. The van der Waals surface area contributed by atoms with E-state index >= 15 is 0 Å². The first-order valence-corrected chi connectivity index (χ1v) is 11.4. The maximum Gasteiger partial charge on any atom is 0.209 e. The molecule has 2 fully saturated rings. The summed E-state index contributed by atoms with van der Waals surface area (Å²) in [5.41, 5.74) is 1.26. The van der Waals surface area contributed by atoms with Crippen LogP contribution in [0.5, 0.6) is 0 Å². The van der Waals surface area contributed by atoms with Crippen molar-refractivity contribution in [3.8, 4) is 0 Å². The SMILES string of the molecule is CC(C)[C@@H]1CN(Cc2cncn2C2CCCCC2)C[C@H]1NS(C)(=O)=O. The molecule has 1 aliphatic heterocycles. The maximum atomic E-state index is 11.7. The van der Waals surface area contributed by atoms with E-state index in [9.17, 15) is 8.42 Å². The molecule has 3 rings (SSSR count). The lowest BCUT2D eigenvalue weighted by Crippen LogP contribution is -2.41. The molecule has 2 heterocycles. The molecule has 25 heavy (non-hydrogen) atoms. The van der Waals surface area contributed by atoms with Gasteiger partial charge in [-0.3, -0.25) is 4.90 Å². The zero-order valence-corrected chi connectivity index (χ0v) is 16.5. The van der Waals surface area contributed by atoms with Crippen LogP contribution < -0.4 is 4.72 Å². The lowest BCUT2D eigenvalue weighted by molar-refractivity contribution is 0.277. The molecule has 1 aromatic rings. The zero-order chi connectivity index (χ0) is 18.0. The summed E-state index contributed by atoms with van der Waals surface area (Å²) >= 11 is 0. The van der Waals surface area contributed by atoms with Crippen molar-refractivity contribution in [2.45, 2.75) is 64.6 Å². The Kier molecular flexibility index (Phi) is 5.85. The van der Waals surface area contributed by atoms with Gasteiger partial charge in [-0.25, -0.2) is 18.1 Å². The van der Waals surface area contributed by atoms with Gasteiger partial charge in [0.05, 0.1) is 18.3 Å². The highest BCUT2D eigenvalue weighted by Gasteiger charge is 2.36. The molecule has 0 radical (unpaired) electrons. The Morgan fingerprint density at radius 2 is 1.96 bits per heavy atom. The van der Waals surface area contributed by atoms with Gasteiger partial charge in [0.25, 0.3) is 0 Å². The number of aromatic nitrogens is 2. The van der Waals surface area contributed by atoms with Crippen LogP contribution in [0.3, 0.4) is 0 Å². The van der Waals surface area contributed by atoms with Gasteiger partial charge in [-0.2, -0.15) is 0 Å². The van der Waals surface area contributed by atoms with Gasteiger partial charge >= 0.3 is 0 Å². The topological polar surface area (TPSA) is 67.2 Å². The summed E-state index contributed by atoms with van der Waals surface area (Å²) in [5, 5.41) is 0. The van der Waals surface area contributed by atoms with Gasteiger partial charge in [0.2, 0.25) is 10.0 Å². The summed E-state index contributed by atoms with van der Waals surface area (Å²) < 4.78 is 28.6. The van der Waals surface area contributed by atoms with E-state index in [1.807, 2.05) is 12.5 Å². The van der Waals surface area contributed by atoms with Crippen LogP contribution in [0.1, 0.15) is 57.7 Å². The van der Waals surface area contributed by atoms with Gasteiger partial charge in [0, 0.05) is 37.9 Å². The Labute approximate surface area is 152 Å². The normalized spacial score (nSPS) is 26.6. The predicted molar refractivity (Wildman–Crippen MR) is 99.7 cm³/mol. The van der Waals surface area contributed by atoms with Crippen LogP contribution in [-0.4, -0.2) is 48.3 Å². The predicted octanol–water partition coefficient (Wildman–Crippen LogP) is 2.39. The summed E-state index contributed by atoms with van der Waals surface area (Å²) in [6, 6.07) is 0.584. The first-order chi connectivity index (χ1) is 11.8. The quantitative estimate of drug-likeness (QED) is 0.837. The van der Waals surface area contributed by atoms with E-state index in [0.29, 0.717) is 17.9 Å².